The molecule has 0 bridgehead atoms. The van der Waals surface area contributed by atoms with E-state index in [1.165, 1.54) is 51.4 Å². The van der Waals surface area contributed by atoms with Crippen molar-refractivity contribution < 1.29 is 0 Å². The molecule has 0 radical (unpaired) electrons. The fourth-order valence-electron chi connectivity index (χ4n) is 2.41. The summed E-state index contributed by atoms with van der Waals surface area (Å²) in [7, 11) is 0. The topological polar surface area (TPSA) is 0 Å². The molecule has 0 aliphatic heterocycles. The second-order valence-corrected chi connectivity index (χ2v) is 4.83. The molecule has 0 atom stereocenters. The lowest BCUT2D eigenvalue weighted by molar-refractivity contribution is 0.633. The maximum Gasteiger partial charge on any atom is -0.0133 e. The highest BCUT2D eigenvalue weighted by Gasteiger charge is 2.01. The Morgan fingerprint density at radius 1 is 0.688 bits per heavy atom. The number of hydrogen-bond acceptors (Lipinski definition) is 0. The minimum absolute atomic E-state index is 1.21. The monoisotopic (exact) mass is 214 g/mol. The molecule has 2 rings (SSSR count). The zero-order chi connectivity index (χ0) is 11.1. The third kappa shape index (κ3) is 3.84. The van der Waals surface area contributed by atoms with Gasteiger partial charge in [-0.1, -0.05) is 60.4 Å². The van der Waals surface area contributed by atoms with E-state index in [0.29, 0.717) is 0 Å². The van der Waals surface area contributed by atoms with E-state index < -0.39 is 0 Å². The summed E-state index contributed by atoms with van der Waals surface area (Å²) in [6.07, 6.45) is 24.1. The molecule has 0 aromatic carbocycles. The molecule has 0 unspecified atom stereocenters. The maximum atomic E-state index is 2.29. The normalized spacial score (nSPS) is 18.0. The van der Waals surface area contributed by atoms with E-state index in [0.717, 1.165) is 0 Å². The Kier molecular flexibility index (Phi) is 4.67. The van der Waals surface area contributed by atoms with Gasteiger partial charge in [-0.3, -0.25) is 0 Å². The molecule has 2 aliphatic carbocycles. The Morgan fingerprint density at radius 3 is 1.56 bits per heavy atom. The lowest BCUT2D eigenvalue weighted by Gasteiger charge is -2.03. The number of hydrogen-bond donors (Lipinski definition) is 0. The van der Waals surface area contributed by atoms with Crippen molar-refractivity contribution in [3.05, 3.63) is 47.6 Å². The highest BCUT2D eigenvalue weighted by atomic mass is 14.1. The molecular weight excluding hydrogens is 192 g/mol. The van der Waals surface area contributed by atoms with Gasteiger partial charge in [0.15, 0.2) is 0 Å². The molecule has 0 saturated heterocycles. The molecule has 0 nitrogen and oxygen atoms in total. The lowest BCUT2D eigenvalue weighted by Crippen LogP contribution is -1.84. The standard InChI is InChI=1S/C16H22/c1(3-9-15-11-5-6-12-15)2-4-10-16-13-7-8-14-16/h5-8,11,13H,1-4,9-10,12,14H2. The van der Waals surface area contributed by atoms with E-state index in [4.69, 9.17) is 0 Å². The molecule has 16 heavy (non-hydrogen) atoms. The quantitative estimate of drug-likeness (QED) is 0.517. The van der Waals surface area contributed by atoms with Crippen LogP contribution in [0.3, 0.4) is 0 Å². The predicted molar refractivity (Wildman–Crippen MR) is 71.4 cm³/mol. The van der Waals surface area contributed by atoms with Gasteiger partial charge in [0.1, 0.15) is 0 Å². The van der Waals surface area contributed by atoms with Crippen molar-refractivity contribution >= 4 is 0 Å². The summed E-state index contributed by atoms with van der Waals surface area (Å²) in [4.78, 5) is 0. The smallest absolute Gasteiger partial charge is 0.0133 e. The lowest BCUT2D eigenvalue weighted by atomic mass is 10.0. The predicted octanol–water partition coefficient (Wildman–Crippen LogP) is 5.10. The Labute approximate surface area is 99.4 Å². The molecule has 0 fully saturated rings. The first-order valence-electron chi connectivity index (χ1n) is 6.64. The van der Waals surface area contributed by atoms with Gasteiger partial charge < -0.3 is 0 Å². The minimum Gasteiger partial charge on any atom is -0.0805 e. The Morgan fingerprint density at radius 2 is 1.19 bits per heavy atom. The van der Waals surface area contributed by atoms with Gasteiger partial charge in [0, 0.05) is 0 Å². The molecule has 2 aliphatic rings. The van der Waals surface area contributed by atoms with Gasteiger partial charge in [0.05, 0.1) is 0 Å². The van der Waals surface area contributed by atoms with Gasteiger partial charge in [-0.25, -0.2) is 0 Å². The van der Waals surface area contributed by atoms with Gasteiger partial charge >= 0.3 is 0 Å². The van der Waals surface area contributed by atoms with Crippen LogP contribution in [0.15, 0.2) is 47.6 Å². The van der Waals surface area contributed by atoms with Crippen LogP contribution in [0.25, 0.3) is 0 Å². The van der Waals surface area contributed by atoms with Crippen LogP contribution in [0.1, 0.15) is 51.4 Å². The first kappa shape index (κ1) is 11.4. The van der Waals surface area contributed by atoms with E-state index in [1.807, 2.05) is 0 Å². The van der Waals surface area contributed by atoms with Crippen LogP contribution in [-0.4, -0.2) is 0 Å². The zero-order valence-corrected chi connectivity index (χ0v) is 10.1. The summed E-state index contributed by atoms with van der Waals surface area (Å²) in [6, 6.07) is 0. The number of allylic oxidation sites excluding steroid dienone is 8. The van der Waals surface area contributed by atoms with Crippen LogP contribution < -0.4 is 0 Å². The maximum absolute atomic E-state index is 2.29. The fraction of sp³-hybridized carbons (Fsp3) is 0.500. The summed E-state index contributed by atoms with van der Waals surface area (Å²) in [6.45, 7) is 0. The van der Waals surface area contributed by atoms with Crippen molar-refractivity contribution in [2.24, 2.45) is 0 Å². The molecular formula is C16H22. The van der Waals surface area contributed by atoms with Crippen LogP contribution in [0, 0.1) is 0 Å². The average Bonchev–Trinajstić information content (AvgIpc) is 2.96. The summed E-state index contributed by atoms with van der Waals surface area (Å²) in [5.41, 5.74) is 3.26. The number of unbranched alkanes of at least 4 members (excludes halogenated alkanes) is 3. The van der Waals surface area contributed by atoms with E-state index >= 15 is 0 Å². The number of rotatable bonds is 7. The van der Waals surface area contributed by atoms with Crippen molar-refractivity contribution in [1.82, 2.24) is 0 Å². The van der Waals surface area contributed by atoms with Gasteiger partial charge in [0.25, 0.3) is 0 Å². The summed E-state index contributed by atoms with van der Waals surface area (Å²) >= 11 is 0. The molecule has 0 aromatic heterocycles. The summed E-state index contributed by atoms with van der Waals surface area (Å²) in [5, 5.41) is 0. The largest absolute Gasteiger partial charge is 0.0805 e. The first-order valence-corrected chi connectivity index (χ1v) is 6.64. The van der Waals surface area contributed by atoms with Crippen molar-refractivity contribution in [2.75, 3.05) is 0 Å². The van der Waals surface area contributed by atoms with E-state index in [1.54, 1.807) is 11.1 Å². The van der Waals surface area contributed by atoms with E-state index in [-0.39, 0.29) is 0 Å². The van der Waals surface area contributed by atoms with Crippen molar-refractivity contribution in [3.63, 3.8) is 0 Å². The van der Waals surface area contributed by atoms with Gasteiger partial charge in [-0.05, 0) is 38.5 Å². The van der Waals surface area contributed by atoms with Crippen molar-refractivity contribution in [3.8, 4) is 0 Å². The van der Waals surface area contributed by atoms with Crippen LogP contribution in [-0.2, 0) is 0 Å². The second kappa shape index (κ2) is 6.52. The molecule has 0 aromatic rings. The van der Waals surface area contributed by atoms with Crippen LogP contribution in [0.2, 0.25) is 0 Å². The Hall–Kier alpha value is -1.04. The molecule has 0 spiro atoms. The molecule has 0 amide bonds. The second-order valence-electron chi connectivity index (χ2n) is 4.83. The van der Waals surface area contributed by atoms with Crippen molar-refractivity contribution in [1.29, 1.82) is 0 Å². The van der Waals surface area contributed by atoms with Crippen LogP contribution >= 0.6 is 0 Å². The van der Waals surface area contributed by atoms with Crippen molar-refractivity contribution in [2.45, 2.75) is 51.4 Å². The Bertz CT molecular complexity index is 292. The van der Waals surface area contributed by atoms with Crippen LogP contribution in [0.5, 0.6) is 0 Å². The molecule has 0 N–H and O–H groups in total. The third-order valence-corrected chi connectivity index (χ3v) is 3.44. The van der Waals surface area contributed by atoms with E-state index in [2.05, 4.69) is 36.5 Å². The Balaban J connectivity index is 1.43. The first-order chi connectivity index (χ1) is 7.95. The molecule has 0 saturated carbocycles. The molecule has 0 heteroatoms. The third-order valence-electron chi connectivity index (χ3n) is 3.44. The highest BCUT2D eigenvalue weighted by molar-refractivity contribution is 5.23. The van der Waals surface area contributed by atoms with Gasteiger partial charge in [-0.15, -0.1) is 0 Å². The van der Waals surface area contributed by atoms with E-state index in [9.17, 15) is 0 Å². The zero-order valence-electron chi connectivity index (χ0n) is 10.1. The summed E-state index contributed by atoms with van der Waals surface area (Å²) in [5.74, 6) is 0. The highest BCUT2D eigenvalue weighted by Crippen LogP contribution is 2.20. The molecule has 0 heterocycles. The molecule has 86 valence electrons. The summed E-state index contributed by atoms with van der Waals surface area (Å²) < 4.78 is 0. The van der Waals surface area contributed by atoms with Gasteiger partial charge in [-0.2, -0.15) is 0 Å². The minimum atomic E-state index is 1.21. The SMILES string of the molecule is C1=CCC(CCCCCCC2=CC=CC2)=C1. The average molecular weight is 214 g/mol. The van der Waals surface area contributed by atoms with Gasteiger partial charge in [0.2, 0.25) is 0 Å². The van der Waals surface area contributed by atoms with Crippen LogP contribution in [0.4, 0.5) is 0 Å². The fourth-order valence-corrected chi connectivity index (χ4v) is 2.41.